The maximum atomic E-state index is 4.16. The Morgan fingerprint density at radius 2 is 1.69 bits per heavy atom. The van der Waals surface area contributed by atoms with Crippen molar-refractivity contribution >= 4 is 15.9 Å². The third kappa shape index (κ3) is 3.46. The molecule has 1 aromatic carbocycles. The quantitative estimate of drug-likeness (QED) is 0.822. The molecule has 0 unspecified atom stereocenters. The molecular weight excluding hydrogens is 262 g/mol. The van der Waals surface area contributed by atoms with Crippen molar-refractivity contribution in [2.75, 3.05) is 0 Å². The van der Waals surface area contributed by atoms with E-state index in [1.165, 1.54) is 17.5 Å². The third-order valence-corrected chi connectivity index (χ3v) is 2.97. The Hall–Kier alpha value is -1.15. The standard InChI is InChI=1S/C14H14BrN/c15-14-9-13(10-16-11-14)8-4-7-12-5-2-1-3-6-12/h1-3,5-6,9-11H,4,7-8H2. The molecule has 0 aliphatic rings. The minimum atomic E-state index is 1.06. The lowest BCUT2D eigenvalue weighted by Crippen LogP contribution is -1.90. The Balaban J connectivity index is 1.85. The largest absolute Gasteiger partial charge is 0.263 e. The summed E-state index contributed by atoms with van der Waals surface area (Å²) in [6.07, 6.45) is 7.15. The topological polar surface area (TPSA) is 12.9 Å². The van der Waals surface area contributed by atoms with E-state index in [0.717, 1.165) is 17.3 Å². The van der Waals surface area contributed by atoms with Crippen molar-refractivity contribution in [2.24, 2.45) is 0 Å². The molecule has 82 valence electrons. The minimum absolute atomic E-state index is 1.06. The van der Waals surface area contributed by atoms with Gasteiger partial charge in [-0.25, -0.2) is 0 Å². The molecule has 0 radical (unpaired) electrons. The predicted molar refractivity (Wildman–Crippen MR) is 70.4 cm³/mol. The molecule has 0 aliphatic carbocycles. The fraction of sp³-hybridized carbons (Fsp3) is 0.214. The van der Waals surface area contributed by atoms with Gasteiger partial charge in [0.25, 0.3) is 0 Å². The highest BCUT2D eigenvalue weighted by atomic mass is 79.9. The van der Waals surface area contributed by atoms with E-state index in [2.05, 4.69) is 57.3 Å². The molecule has 2 aromatic rings. The maximum absolute atomic E-state index is 4.16. The summed E-state index contributed by atoms with van der Waals surface area (Å²) in [4.78, 5) is 4.16. The average Bonchev–Trinajstić information content (AvgIpc) is 2.30. The second-order valence-corrected chi connectivity index (χ2v) is 4.77. The number of aromatic nitrogens is 1. The smallest absolute Gasteiger partial charge is 0.0410 e. The summed E-state index contributed by atoms with van der Waals surface area (Å²) in [6.45, 7) is 0. The molecule has 0 spiro atoms. The molecule has 1 aromatic heterocycles. The summed E-state index contributed by atoms with van der Waals surface area (Å²) in [6, 6.07) is 12.7. The van der Waals surface area contributed by atoms with Gasteiger partial charge < -0.3 is 0 Å². The van der Waals surface area contributed by atoms with Gasteiger partial charge in [-0.05, 0) is 52.4 Å². The van der Waals surface area contributed by atoms with Crippen LogP contribution in [-0.2, 0) is 12.8 Å². The maximum Gasteiger partial charge on any atom is 0.0410 e. The average molecular weight is 276 g/mol. The fourth-order valence-electron chi connectivity index (χ4n) is 1.73. The molecule has 2 rings (SSSR count). The van der Waals surface area contributed by atoms with E-state index >= 15 is 0 Å². The van der Waals surface area contributed by atoms with Crippen LogP contribution >= 0.6 is 15.9 Å². The summed E-state index contributed by atoms with van der Waals surface area (Å²) in [5, 5.41) is 0. The van der Waals surface area contributed by atoms with E-state index in [9.17, 15) is 0 Å². The van der Waals surface area contributed by atoms with Crippen LogP contribution in [0.25, 0.3) is 0 Å². The first-order valence-electron chi connectivity index (χ1n) is 5.48. The Morgan fingerprint density at radius 1 is 0.938 bits per heavy atom. The molecule has 0 amide bonds. The van der Waals surface area contributed by atoms with Gasteiger partial charge in [-0.1, -0.05) is 30.3 Å². The minimum Gasteiger partial charge on any atom is -0.263 e. The van der Waals surface area contributed by atoms with Crippen LogP contribution in [0.5, 0.6) is 0 Å². The Kier molecular flexibility index (Phi) is 4.11. The van der Waals surface area contributed by atoms with Crippen LogP contribution in [0.3, 0.4) is 0 Å². The molecule has 0 bridgehead atoms. The summed E-state index contributed by atoms with van der Waals surface area (Å²) in [5.41, 5.74) is 2.70. The zero-order valence-electron chi connectivity index (χ0n) is 9.07. The van der Waals surface area contributed by atoms with Gasteiger partial charge in [-0.15, -0.1) is 0 Å². The third-order valence-electron chi connectivity index (χ3n) is 2.54. The van der Waals surface area contributed by atoms with Gasteiger partial charge in [0, 0.05) is 16.9 Å². The number of nitrogens with zero attached hydrogens (tertiary/aromatic N) is 1. The van der Waals surface area contributed by atoms with Crippen molar-refractivity contribution in [1.29, 1.82) is 0 Å². The predicted octanol–water partition coefficient (Wildman–Crippen LogP) is 4.02. The van der Waals surface area contributed by atoms with E-state index in [-0.39, 0.29) is 0 Å². The van der Waals surface area contributed by atoms with Crippen LogP contribution in [0.4, 0.5) is 0 Å². The van der Waals surface area contributed by atoms with E-state index in [1.54, 1.807) is 0 Å². The van der Waals surface area contributed by atoms with Crippen LogP contribution in [0.2, 0.25) is 0 Å². The number of pyridine rings is 1. The van der Waals surface area contributed by atoms with Crippen molar-refractivity contribution in [2.45, 2.75) is 19.3 Å². The highest BCUT2D eigenvalue weighted by Gasteiger charge is 1.96. The van der Waals surface area contributed by atoms with Crippen LogP contribution in [-0.4, -0.2) is 4.98 Å². The van der Waals surface area contributed by atoms with Gasteiger partial charge in [-0.2, -0.15) is 0 Å². The van der Waals surface area contributed by atoms with Gasteiger partial charge in [0.15, 0.2) is 0 Å². The van der Waals surface area contributed by atoms with Crippen LogP contribution in [0, 0.1) is 0 Å². The van der Waals surface area contributed by atoms with Crippen molar-refractivity contribution in [3.8, 4) is 0 Å². The molecule has 0 fully saturated rings. The van der Waals surface area contributed by atoms with Crippen molar-refractivity contribution in [3.63, 3.8) is 0 Å². The number of rotatable bonds is 4. The van der Waals surface area contributed by atoms with Crippen molar-refractivity contribution in [1.82, 2.24) is 4.98 Å². The Morgan fingerprint density at radius 3 is 2.44 bits per heavy atom. The molecular formula is C14H14BrN. The van der Waals surface area contributed by atoms with Crippen LogP contribution in [0.1, 0.15) is 17.5 Å². The van der Waals surface area contributed by atoms with E-state index in [1.807, 2.05) is 12.4 Å². The number of hydrogen-bond donors (Lipinski definition) is 0. The highest BCUT2D eigenvalue weighted by molar-refractivity contribution is 9.10. The molecule has 2 heteroatoms. The van der Waals surface area contributed by atoms with Crippen molar-refractivity contribution < 1.29 is 0 Å². The summed E-state index contributed by atoms with van der Waals surface area (Å²) in [5.74, 6) is 0. The summed E-state index contributed by atoms with van der Waals surface area (Å²) < 4.78 is 1.06. The number of halogens is 1. The number of hydrogen-bond acceptors (Lipinski definition) is 1. The van der Waals surface area contributed by atoms with Crippen molar-refractivity contribution in [3.05, 3.63) is 64.4 Å². The van der Waals surface area contributed by atoms with Gasteiger partial charge >= 0.3 is 0 Å². The molecule has 0 saturated carbocycles. The lowest BCUT2D eigenvalue weighted by Gasteiger charge is -2.02. The van der Waals surface area contributed by atoms with Gasteiger partial charge in [-0.3, -0.25) is 4.98 Å². The first-order chi connectivity index (χ1) is 7.84. The SMILES string of the molecule is Brc1cncc(CCCc2ccccc2)c1. The van der Waals surface area contributed by atoms with E-state index < -0.39 is 0 Å². The Labute approximate surface area is 105 Å². The first kappa shape index (κ1) is 11.3. The molecule has 0 aliphatic heterocycles. The molecule has 1 nitrogen and oxygen atoms in total. The zero-order chi connectivity index (χ0) is 11.2. The second kappa shape index (κ2) is 5.80. The molecule has 0 saturated heterocycles. The van der Waals surface area contributed by atoms with E-state index in [0.29, 0.717) is 0 Å². The lowest BCUT2D eigenvalue weighted by atomic mass is 10.1. The lowest BCUT2D eigenvalue weighted by molar-refractivity contribution is 0.816. The normalized spacial score (nSPS) is 10.3. The van der Waals surface area contributed by atoms with Gasteiger partial charge in [0.2, 0.25) is 0 Å². The first-order valence-corrected chi connectivity index (χ1v) is 6.27. The second-order valence-electron chi connectivity index (χ2n) is 3.85. The number of aryl methyl sites for hydroxylation is 2. The monoisotopic (exact) mass is 275 g/mol. The zero-order valence-corrected chi connectivity index (χ0v) is 10.7. The molecule has 16 heavy (non-hydrogen) atoms. The number of benzene rings is 1. The molecule has 0 atom stereocenters. The summed E-state index contributed by atoms with van der Waals surface area (Å²) in [7, 11) is 0. The van der Waals surface area contributed by atoms with Gasteiger partial charge in [0.1, 0.15) is 0 Å². The molecule has 0 N–H and O–H groups in total. The van der Waals surface area contributed by atoms with Crippen LogP contribution in [0.15, 0.2) is 53.3 Å². The summed E-state index contributed by atoms with van der Waals surface area (Å²) >= 11 is 3.44. The van der Waals surface area contributed by atoms with E-state index in [4.69, 9.17) is 0 Å². The molecule has 1 heterocycles. The highest BCUT2D eigenvalue weighted by Crippen LogP contribution is 2.12. The van der Waals surface area contributed by atoms with Gasteiger partial charge in [0.05, 0.1) is 0 Å². The Bertz CT molecular complexity index is 439. The fourth-order valence-corrected chi connectivity index (χ4v) is 2.15. The van der Waals surface area contributed by atoms with Crippen LogP contribution < -0.4 is 0 Å².